The van der Waals surface area contributed by atoms with Crippen molar-refractivity contribution in [2.75, 3.05) is 25.5 Å². The maximum absolute atomic E-state index is 14.9. The van der Waals surface area contributed by atoms with Gasteiger partial charge >= 0.3 is 0 Å². The highest BCUT2D eigenvalue weighted by Crippen LogP contribution is 2.42. The molecule has 2 fully saturated rings. The number of piperidine rings is 1. The first-order chi connectivity index (χ1) is 14.0. The zero-order valence-corrected chi connectivity index (χ0v) is 16.4. The molecule has 7 nitrogen and oxygen atoms in total. The number of imidazole rings is 1. The van der Waals surface area contributed by atoms with Crippen LogP contribution in [-0.4, -0.2) is 68.7 Å². The molecule has 1 aliphatic carbocycles. The van der Waals surface area contributed by atoms with Crippen LogP contribution < -0.4 is 4.90 Å². The molecule has 0 radical (unpaired) electrons. The molecular weight excluding hydrogens is 371 g/mol. The Morgan fingerprint density at radius 2 is 2.07 bits per heavy atom. The molecule has 0 amide bonds. The van der Waals surface area contributed by atoms with Crippen LogP contribution in [0.3, 0.4) is 0 Å². The van der Waals surface area contributed by atoms with Crippen molar-refractivity contribution in [3.8, 4) is 22.7 Å². The molecule has 2 aliphatic rings. The fourth-order valence-corrected chi connectivity index (χ4v) is 4.83. The Balaban J connectivity index is 1.37. The van der Waals surface area contributed by atoms with E-state index >= 15 is 0 Å². The summed E-state index contributed by atoms with van der Waals surface area (Å²) in [4.78, 5) is 8.05. The first kappa shape index (κ1) is 18.1. The summed E-state index contributed by atoms with van der Waals surface area (Å²) in [5, 5.41) is 19.1. The topological polar surface area (TPSA) is 70.3 Å². The third-order valence-corrected chi connectivity index (χ3v) is 6.33. The molecule has 3 heterocycles. The molecular formula is C21H23FN6O. The molecule has 150 valence electrons. The number of phenols is 1. The van der Waals surface area contributed by atoms with Crippen LogP contribution in [0.2, 0.25) is 0 Å². The van der Waals surface area contributed by atoms with E-state index in [1.807, 2.05) is 48.0 Å². The quantitative estimate of drug-likeness (QED) is 0.733. The Bertz CT molecular complexity index is 1010. The van der Waals surface area contributed by atoms with Crippen molar-refractivity contribution >= 4 is 5.82 Å². The number of benzene rings is 1. The summed E-state index contributed by atoms with van der Waals surface area (Å²) in [5.74, 6) is 1.07. The normalized spacial score (nSPS) is 26.2. The number of anilines is 1. The van der Waals surface area contributed by atoms with Crippen molar-refractivity contribution in [3.63, 3.8) is 0 Å². The Morgan fingerprint density at radius 3 is 2.69 bits per heavy atom. The number of likely N-dealkylation sites (tertiary alicyclic amines) is 1. The minimum Gasteiger partial charge on any atom is -0.507 e. The van der Waals surface area contributed by atoms with Crippen LogP contribution in [-0.2, 0) is 0 Å². The van der Waals surface area contributed by atoms with E-state index in [9.17, 15) is 9.50 Å². The molecule has 29 heavy (non-hydrogen) atoms. The van der Waals surface area contributed by atoms with Crippen LogP contribution in [0, 0.1) is 5.92 Å². The minimum atomic E-state index is -0.884. The molecule has 0 spiro atoms. The highest BCUT2D eigenvalue weighted by atomic mass is 19.1. The van der Waals surface area contributed by atoms with Crippen molar-refractivity contribution < 1.29 is 9.50 Å². The lowest BCUT2D eigenvalue weighted by molar-refractivity contribution is 0.126. The number of aromatic hydroxyl groups is 1. The smallest absolute Gasteiger partial charge is 0.151 e. The molecule has 1 aromatic carbocycles. The van der Waals surface area contributed by atoms with Crippen LogP contribution in [0.25, 0.3) is 16.9 Å². The van der Waals surface area contributed by atoms with Gasteiger partial charge in [-0.05, 0) is 43.7 Å². The van der Waals surface area contributed by atoms with Gasteiger partial charge in [-0.15, -0.1) is 10.2 Å². The van der Waals surface area contributed by atoms with Crippen LogP contribution in [0.5, 0.6) is 5.75 Å². The van der Waals surface area contributed by atoms with Gasteiger partial charge in [0.15, 0.2) is 5.82 Å². The van der Waals surface area contributed by atoms with E-state index in [-0.39, 0.29) is 17.8 Å². The van der Waals surface area contributed by atoms with Gasteiger partial charge in [0.25, 0.3) is 0 Å². The SMILES string of the molecule is CN1CC2CC1[C@H](F)[C@@H]2N(C)c1ccc(-c2ccc(-n3ccnc3)cc2O)nn1. The summed E-state index contributed by atoms with van der Waals surface area (Å²) >= 11 is 0. The number of halogens is 1. The van der Waals surface area contributed by atoms with Gasteiger partial charge in [0.2, 0.25) is 0 Å². The fraction of sp³-hybridized carbons (Fsp3) is 0.381. The lowest BCUT2D eigenvalue weighted by Crippen LogP contribution is -2.51. The zero-order valence-electron chi connectivity index (χ0n) is 16.4. The number of rotatable bonds is 4. The monoisotopic (exact) mass is 394 g/mol. The molecule has 5 rings (SSSR count). The Morgan fingerprint density at radius 1 is 1.21 bits per heavy atom. The number of hydrogen-bond donors (Lipinski definition) is 1. The van der Waals surface area contributed by atoms with Gasteiger partial charge in [0.1, 0.15) is 11.9 Å². The summed E-state index contributed by atoms with van der Waals surface area (Å²) < 4.78 is 16.7. The van der Waals surface area contributed by atoms with E-state index in [4.69, 9.17) is 0 Å². The van der Waals surface area contributed by atoms with Crippen molar-refractivity contribution in [2.24, 2.45) is 5.92 Å². The lowest BCUT2D eigenvalue weighted by atomic mass is 10.0. The Hall–Kier alpha value is -3.00. The molecule has 1 N–H and O–H groups in total. The van der Waals surface area contributed by atoms with E-state index in [1.54, 1.807) is 24.7 Å². The summed E-state index contributed by atoms with van der Waals surface area (Å²) in [5.41, 5.74) is 1.98. The molecule has 3 aromatic rings. The number of fused-ring (bicyclic) bond motifs is 2. The number of alkyl halides is 1. The molecule has 8 heteroatoms. The van der Waals surface area contributed by atoms with E-state index in [0.717, 1.165) is 18.7 Å². The predicted molar refractivity (Wildman–Crippen MR) is 108 cm³/mol. The minimum absolute atomic E-state index is 0.00522. The van der Waals surface area contributed by atoms with Crippen LogP contribution in [0.1, 0.15) is 6.42 Å². The first-order valence-electron chi connectivity index (χ1n) is 9.75. The average Bonchev–Trinajstić information content (AvgIpc) is 3.44. The second-order valence-electron chi connectivity index (χ2n) is 8.00. The maximum atomic E-state index is 14.9. The number of aromatic nitrogens is 4. The van der Waals surface area contributed by atoms with Gasteiger partial charge in [-0.25, -0.2) is 9.37 Å². The van der Waals surface area contributed by atoms with Crippen LogP contribution in [0.4, 0.5) is 10.2 Å². The molecule has 1 aliphatic heterocycles. The van der Waals surface area contributed by atoms with Gasteiger partial charge in [-0.1, -0.05) is 0 Å². The fourth-order valence-electron chi connectivity index (χ4n) is 4.83. The van der Waals surface area contributed by atoms with Crippen molar-refractivity contribution in [1.82, 2.24) is 24.6 Å². The standard InChI is InChI=1S/C21H23FN6O/c1-26-11-13-9-17(26)20(22)21(13)27(2)19-6-5-16(24-25-19)15-4-3-14(10-18(15)29)28-8-7-23-12-28/h3-8,10,12-13,17,20-21,29H,9,11H2,1-2H3/t13?,17?,20-,21+/m0/s1. The lowest BCUT2D eigenvalue weighted by Gasteiger charge is -2.37. The largest absolute Gasteiger partial charge is 0.507 e. The number of hydrogen-bond acceptors (Lipinski definition) is 6. The zero-order chi connectivity index (χ0) is 20.1. The second-order valence-corrected chi connectivity index (χ2v) is 8.00. The average molecular weight is 394 g/mol. The van der Waals surface area contributed by atoms with Gasteiger partial charge in [0.05, 0.1) is 23.8 Å². The van der Waals surface area contributed by atoms with Crippen molar-refractivity contribution in [2.45, 2.75) is 24.7 Å². The molecule has 2 unspecified atom stereocenters. The Labute approximate surface area is 168 Å². The summed E-state index contributed by atoms with van der Waals surface area (Å²) in [6, 6.07) is 8.85. The highest BCUT2D eigenvalue weighted by Gasteiger charge is 2.52. The molecule has 1 saturated carbocycles. The predicted octanol–water partition coefficient (Wildman–Crippen LogP) is 2.51. The van der Waals surface area contributed by atoms with Gasteiger partial charge in [-0.2, -0.15) is 0 Å². The maximum Gasteiger partial charge on any atom is 0.151 e. The van der Waals surface area contributed by atoms with E-state index < -0.39 is 6.17 Å². The number of phenolic OH excluding ortho intramolecular Hbond substituents is 1. The molecule has 2 bridgehead atoms. The first-order valence-corrected chi connectivity index (χ1v) is 9.75. The Kier molecular flexibility index (Phi) is 4.24. The highest BCUT2D eigenvalue weighted by molar-refractivity contribution is 5.69. The van der Waals surface area contributed by atoms with E-state index in [0.29, 0.717) is 23.0 Å². The van der Waals surface area contributed by atoms with Crippen LogP contribution >= 0.6 is 0 Å². The van der Waals surface area contributed by atoms with Crippen molar-refractivity contribution in [1.29, 1.82) is 0 Å². The molecule has 2 aromatic heterocycles. The van der Waals surface area contributed by atoms with Gasteiger partial charge < -0.3 is 19.5 Å². The van der Waals surface area contributed by atoms with Crippen molar-refractivity contribution in [3.05, 3.63) is 49.1 Å². The molecule has 4 atom stereocenters. The summed E-state index contributed by atoms with van der Waals surface area (Å²) in [6.07, 6.45) is 5.18. The van der Waals surface area contributed by atoms with Crippen LogP contribution in [0.15, 0.2) is 49.1 Å². The second kappa shape index (κ2) is 6.81. The van der Waals surface area contributed by atoms with E-state index in [1.165, 1.54) is 0 Å². The van der Waals surface area contributed by atoms with Gasteiger partial charge in [-0.3, -0.25) is 0 Å². The third-order valence-electron chi connectivity index (χ3n) is 6.33. The van der Waals surface area contributed by atoms with E-state index in [2.05, 4.69) is 20.1 Å². The summed E-state index contributed by atoms with van der Waals surface area (Å²) in [6.45, 7) is 0.919. The van der Waals surface area contributed by atoms with Gasteiger partial charge in [0, 0.05) is 43.7 Å². The summed E-state index contributed by atoms with van der Waals surface area (Å²) in [7, 11) is 3.88. The molecule has 1 saturated heterocycles. The number of nitrogens with zero attached hydrogens (tertiary/aromatic N) is 6. The third kappa shape index (κ3) is 2.95.